The summed E-state index contributed by atoms with van der Waals surface area (Å²) in [5.74, 6) is -0.393. The van der Waals surface area contributed by atoms with Crippen molar-refractivity contribution in [2.24, 2.45) is 0 Å². The number of carbonyl (C=O) groups is 1. The second kappa shape index (κ2) is 11.9. The van der Waals surface area contributed by atoms with Crippen LogP contribution in [0.4, 0.5) is 5.69 Å². The van der Waals surface area contributed by atoms with Crippen LogP contribution in [0.3, 0.4) is 0 Å². The lowest BCUT2D eigenvalue weighted by molar-refractivity contribution is -0.119. The lowest BCUT2D eigenvalue weighted by Gasteiger charge is -2.26. The van der Waals surface area contributed by atoms with Crippen LogP contribution in [0.15, 0.2) is 77.7 Å². The molecular formula is C28H32ClN3O3S. The highest BCUT2D eigenvalue weighted by Crippen LogP contribution is 2.29. The molecule has 36 heavy (non-hydrogen) atoms. The van der Waals surface area contributed by atoms with Crippen molar-refractivity contribution in [2.75, 3.05) is 23.9 Å². The van der Waals surface area contributed by atoms with E-state index in [-0.39, 0.29) is 11.4 Å². The van der Waals surface area contributed by atoms with E-state index in [1.807, 2.05) is 12.1 Å². The number of benzene rings is 3. The fraction of sp³-hybridized carbons (Fsp3) is 0.321. The van der Waals surface area contributed by atoms with E-state index in [9.17, 15) is 13.2 Å². The minimum atomic E-state index is -3.99. The average Bonchev–Trinajstić information content (AvgIpc) is 2.89. The van der Waals surface area contributed by atoms with Crippen molar-refractivity contribution >= 4 is 33.2 Å². The van der Waals surface area contributed by atoms with Crippen LogP contribution in [0, 0.1) is 6.92 Å². The Labute approximate surface area is 218 Å². The fourth-order valence-electron chi connectivity index (χ4n) is 4.47. The zero-order valence-electron chi connectivity index (χ0n) is 20.5. The van der Waals surface area contributed by atoms with Crippen LogP contribution in [0.2, 0.25) is 5.02 Å². The molecule has 0 aliphatic carbocycles. The minimum absolute atomic E-state index is 0.114. The highest BCUT2D eigenvalue weighted by atomic mass is 35.5. The molecule has 4 rings (SSSR count). The van der Waals surface area contributed by atoms with Gasteiger partial charge in [0.1, 0.15) is 6.54 Å². The number of sulfonamides is 1. The molecule has 1 N–H and O–H groups in total. The van der Waals surface area contributed by atoms with Crippen molar-refractivity contribution in [3.8, 4) is 0 Å². The number of aryl methyl sites for hydroxylation is 1. The van der Waals surface area contributed by atoms with Crippen molar-refractivity contribution in [2.45, 2.75) is 44.2 Å². The average molecular weight is 526 g/mol. The molecule has 0 unspecified atom stereocenters. The van der Waals surface area contributed by atoms with Gasteiger partial charge in [0.05, 0.1) is 10.6 Å². The summed E-state index contributed by atoms with van der Waals surface area (Å²) in [6, 6.07) is 21.3. The zero-order valence-corrected chi connectivity index (χ0v) is 22.1. The van der Waals surface area contributed by atoms with Gasteiger partial charge in [0.2, 0.25) is 5.91 Å². The summed E-state index contributed by atoms with van der Waals surface area (Å²) in [6.07, 6.45) is 3.78. The number of hydrogen-bond acceptors (Lipinski definition) is 4. The lowest BCUT2D eigenvalue weighted by Crippen LogP contribution is -2.41. The Morgan fingerprint density at radius 2 is 1.67 bits per heavy atom. The lowest BCUT2D eigenvalue weighted by atomic mass is 10.1. The number of nitrogens with one attached hydrogen (secondary N) is 1. The van der Waals surface area contributed by atoms with Crippen molar-refractivity contribution in [1.82, 2.24) is 10.2 Å². The van der Waals surface area contributed by atoms with Gasteiger partial charge in [-0.05, 0) is 73.8 Å². The number of anilines is 1. The molecule has 1 amide bonds. The fourth-order valence-corrected chi connectivity index (χ4v) is 6.14. The molecule has 0 bridgehead atoms. The summed E-state index contributed by atoms with van der Waals surface area (Å²) < 4.78 is 28.2. The topological polar surface area (TPSA) is 69.7 Å². The number of hydrogen-bond donors (Lipinski definition) is 1. The maximum atomic E-state index is 13.5. The predicted octanol–water partition coefficient (Wildman–Crippen LogP) is 5.15. The van der Waals surface area contributed by atoms with E-state index in [0.29, 0.717) is 22.8 Å². The van der Waals surface area contributed by atoms with Crippen LogP contribution in [-0.2, 0) is 27.9 Å². The van der Waals surface area contributed by atoms with E-state index in [2.05, 4.69) is 22.3 Å². The molecule has 1 fully saturated rings. The Hall–Kier alpha value is -2.87. The molecule has 3 aromatic carbocycles. The van der Waals surface area contributed by atoms with E-state index in [0.717, 1.165) is 29.5 Å². The van der Waals surface area contributed by atoms with E-state index in [4.69, 9.17) is 11.6 Å². The highest BCUT2D eigenvalue weighted by Gasteiger charge is 2.28. The first-order valence-electron chi connectivity index (χ1n) is 12.2. The zero-order chi connectivity index (χ0) is 25.5. The molecule has 1 saturated heterocycles. The maximum Gasteiger partial charge on any atom is 0.264 e. The van der Waals surface area contributed by atoms with Gasteiger partial charge in [0, 0.05) is 18.1 Å². The Morgan fingerprint density at radius 3 is 2.42 bits per heavy atom. The number of halogens is 1. The quantitative estimate of drug-likeness (QED) is 0.419. The van der Waals surface area contributed by atoms with Gasteiger partial charge in [0.15, 0.2) is 0 Å². The van der Waals surface area contributed by atoms with Gasteiger partial charge >= 0.3 is 0 Å². The number of nitrogens with zero attached hydrogens (tertiary/aromatic N) is 2. The Kier molecular flexibility index (Phi) is 8.67. The molecule has 0 atom stereocenters. The monoisotopic (exact) mass is 525 g/mol. The normalized spacial score (nSPS) is 14.4. The van der Waals surface area contributed by atoms with E-state index < -0.39 is 15.9 Å². The molecule has 1 heterocycles. The van der Waals surface area contributed by atoms with Crippen molar-refractivity contribution < 1.29 is 13.2 Å². The third-order valence-corrected chi connectivity index (χ3v) is 8.40. The first kappa shape index (κ1) is 26.2. The molecule has 190 valence electrons. The van der Waals surface area contributed by atoms with Gasteiger partial charge in [-0.1, -0.05) is 66.6 Å². The molecule has 3 aromatic rings. The third-order valence-electron chi connectivity index (χ3n) is 6.39. The van der Waals surface area contributed by atoms with Crippen LogP contribution in [0.5, 0.6) is 0 Å². The Morgan fingerprint density at radius 1 is 0.944 bits per heavy atom. The smallest absolute Gasteiger partial charge is 0.264 e. The first-order chi connectivity index (χ1) is 17.3. The van der Waals surface area contributed by atoms with Gasteiger partial charge < -0.3 is 5.32 Å². The standard InChI is InChI=1S/C28H32ClN3O3S/c1-22-13-14-25(29)18-27(22)32(36(34,35)26-11-4-2-5-12-26)21-28(33)30-19-23-9-8-10-24(17-23)20-31-15-6-3-7-16-31/h2,4-5,8-14,17-18H,3,6-7,15-16,19-21H2,1H3,(H,30,33). The summed E-state index contributed by atoms with van der Waals surface area (Å²) in [7, 11) is -3.99. The number of carbonyl (C=O) groups excluding carboxylic acids is 1. The second-order valence-corrected chi connectivity index (χ2v) is 11.5. The third kappa shape index (κ3) is 6.66. The Balaban J connectivity index is 1.49. The summed E-state index contributed by atoms with van der Waals surface area (Å²) in [5, 5.41) is 3.29. The summed E-state index contributed by atoms with van der Waals surface area (Å²) in [5.41, 5.74) is 3.28. The molecule has 0 radical (unpaired) electrons. The second-order valence-electron chi connectivity index (χ2n) is 9.19. The molecule has 0 saturated carbocycles. The minimum Gasteiger partial charge on any atom is -0.350 e. The van der Waals surface area contributed by atoms with E-state index in [1.54, 1.807) is 43.3 Å². The van der Waals surface area contributed by atoms with Crippen LogP contribution >= 0.6 is 11.6 Å². The van der Waals surface area contributed by atoms with E-state index >= 15 is 0 Å². The van der Waals surface area contributed by atoms with Gasteiger partial charge in [-0.2, -0.15) is 0 Å². The number of rotatable bonds is 9. The Bertz CT molecular complexity index is 1290. The van der Waals surface area contributed by atoms with Crippen molar-refractivity contribution in [1.29, 1.82) is 0 Å². The van der Waals surface area contributed by atoms with Crippen LogP contribution in [-0.4, -0.2) is 38.9 Å². The maximum absolute atomic E-state index is 13.5. The summed E-state index contributed by atoms with van der Waals surface area (Å²) in [4.78, 5) is 15.6. The number of likely N-dealkylation sites (tertiary alicyclic amines) is 1. The number of piperidine rings is 1. The summed E-state index contributed by atoms with van der Waals surface area (Å²) in [6.45, 7) is 4.90. The van der Waals surface area contributed by atoms with E-state index in [1.165, 1.54) is 37.0 Å². The van der Waals surface area contributed by atoms with Gasteiger partial charge in [-0.3, -0.25) is 14.0 Å². The molecular weight excluding hydrogens is 494 g/mol. The van der Waals surface area contributed by atoms with Crippen LogP contribution < -0.4 is 9.62 Å². The van der Waals surface area contributed by atoms with Crippen LogP contribution in [0.25, 0.3) is 0 Å². The summed E-state index contributed by atoms with van der Waals surface area (Å²) >= 11 is 6.19. The van der Waals surface area contributed by atoms with Gasteiger partial charge in [-0.25, -0.2) is 8.42 Å². The van der Waals surface area contributed by atoms with Gasteiger partial charge in [-0.15, -0.1) is 0 Å². The first-order valence-corrected chi connectivity index (χ1v) is 14.1. The molecule has 1 aliphatic rings. The van der Waals surface area contributed by atoms with Crippen molar-refractivity contribution in [3.05, 3.63) is 94.5 Å². The largest absolute Gasteiger partial charge is 0.350 e. The molecule has 1 aliphatic heterocycles. The molecule has 0 spiro atoms. The SMILES string of the molecule is Cc1ccc(Cl)cc1N(CC(=O)NCc1cccc(CN2CCCCC2)c1)S(=O)(=O)c1ccccc1. The molecule has 8 heteroatoms. The van der Waals surface area contributed by atoms with Crippen molar-refractivity contribution in [3.63, 3.8) is 0 Å². The molecule has 0 aromatic heterocycles. The van der Waals surface area contributed by atoms with Crippen LogP contribution in [0.1, 0.15) is 36.0 Å². The number of amides is 1. The molecule has 6 nitrogen and oxygen atoms in total. The highest BCUT2D eigenvalue weighted by molar-refractivity contribution is 7.92. The predicted molar refractivity (Wildman–Crippen MR) is 145 cm³/mol. The van der Waals surface area contributed by atoms with Gasteiger partial charge in [0.25, 0.3) is 10.0 Å².